The summed E-state index contributed by atoms with van der Waals surface area (Å²) in [5.74, 6) is 1.56. The quantitative estimate of drug-likeness (QED) is 0.713. The molecular formula is C21H34N2O4. The Bertz CT molecular complexity index is 583. The van der Waals surface area contributed by atoms with Crippen molar-refractivity contribution >= 4 is 5.91 Å². The third-order valence-corrected chi connectivity index (χ3v) is 4.77. The fraction of sp³-hybridized carbons (Fsp3) is 0.667. The Labute approximate surface area is 163 Å². The molecular weight excluding hydrogens is 344 g/mol. The molecule has 1 N–H and O–H groups in total. The molecule has 152 valence electrons. The molecule has 2 rings (SSSR count). The van der Waals surface area contributed by atoms with Crippen LogP contribution in [0.2, 0.25) is 0 Å². The maximum atomic E-state index is 12.8. The molecule has 0 saturated carbocycles. The second kappa shape index (κ2) is 10.4. The van der Waals surface area contributed by atoms with E-state index < -0.39 is 0 Å². The van der Waals surface area contributed by atoms with Crippen molar-refractivity contribution < 1.29 is 19.0 Å². The lowest BCUT2D eigenvalue weighted by molar-refractivity contribution is 0.0899. The minimum Gasteiger partial charge on any atom is -0.490 e. The molecule has 0 radical (unpaired) electrons. The van der Waals surface area contributed by atoms with E-state index in [0.29, 0.717) is 48.7 Å². The van der Waals surface area contributed by atoms with Crippen molar-refractivity contribution in [2.45, 2.75) is 59.5 Å². The van der Waals surface area contributed by atoms with Crippen LogP contribution in [0.1, 0.15) is 57.8 Å². The molecule has 1 aromatic carbocycles. The number of hydrogen-bond donors (Lipinski definition) is 1. The SMILES string of the molecule is CCOc1cc(C(=O)NC2CCN(C(C)C)CC2)cc(OCC)c1OCC. The van der Waals surface area contributed by atoms with Crippen molar-refractivity contribution in [3.05, 3.63) is 17.7 Å². The maximum absolute atomic E-state index is 12.8. The van der Waals surface area contributed by atoms with Crippen molar-refractivity contribution in [1.29, 1.82) is 0 Å². The number of ether oxygens (including phenoxy) is 3. The summed E-state index contributed by atoms with van der Waals surface area (Å²) in [6.07, 6.45) is 1.94. The van der Waals surface area contributed by atoms with E-state index in [1.165, 1.54) is 0 Å². The van der Waals surface area contributed by atoms with Crippen LogP contribution < -0.4 is 19.5 Å². The minimum atomic E-state index is -0.0945. The number of carbonyl (C=O) groups is 1. The molecule has 1 aliphatic rings. The number of amides is 1. The number of likely N-dealkylation sites (tertiary alicyclic amines) is 1. The van der Waals surface area contributed by atoms with Gasteiger partial charge >= 0.3 is 0 Å². The van der Waals surface area contributed by atoms with Gasteiger partial charge in [-0.15, -0.1) is 0 Å². The number of nitrogens with one attached hydrogen (secondary N) is 1. The molecule has 1 saturated heterocycles. The third kappa shape index (κ3) is 5.76. The normalized spacial score (nSPS) is 15.6. The van der Waals surface area contributed by atoms with Crippen molar-refractivity contribution in [3.8, 4) is 17.2 Å². The summed E-state index contributed by atoms with van der Waals surface area (Å²) < 4.78 is 17.1. The molecule has 0 aliphatic carbocycles. The number of piperidine rings is 1. The van der Waals surface area contributed by atoms with Gasteiger partial charge in [-0.3, -0.25) is 4.79 Å². The summed E-state index contributed by atoms with van der Waals surface area (Å²) in [4.78, 5) is 15.3. The first-order chi connectivity index (χ1) is 13.0. The van der Waals surface area contributed by atoms with E-state index in [2.05, 4.69) is 24.1 Å². The second-order valence-electron chi connectivity index (χ2n) is 6.98. The van der Waals surface area contributed by atoms with Crippen LogP contribution in [0.3, 0.4) is 0 Å². The van der Waals surface area contributed by atoms with E-state index in [0.717, 1.165) is 25.9 Å². The zero-order chi connectivity index (χ0) is 19.8. The topological polar surface area (TPSA) is 60.0 Å². The lowest BCUT2D eigenvalue weighted by Gasteiger charge is -2.34. The molecule has 27 heavy (non-hydrogen) atoms. The zero-order valence-corrected chi connectivity index (χ0v) is 17.3. The molecule has 1 aliphatic heterocycles. The first kappa shape index (κ1) is 21.4. The highest BCUT2D eigenvalue weighted by atomic mass is 16.5. The Morgan fingerprint density at radius 3 is 2.00 bits per heavy atom. The van der Waals surface area contributed by atoms with Gasteiger partial charge < -0.3 is 24.4 Å². The van der Waals surface area contributed by atoms with Crippen molar-refractivity contribution in [1.82, 2.24) is 10.2 Å². The van der Waals surface area contributed by atoms with Gasteiger partial charge in [0.2, 0.25) is 5.75 Å². The van der Waals surface area contributed by atoms with E-state index in [1.807, 2.05) is 20.8 Å². The lowest BCUT2D eigenvalue weighted by atomic mass is 10.0. The van der Waals surface area contributed by atoms with Gasteiger partial charge in [0.25, 0.3) is 5.91 Å². The summed E-state index contributed by atoms with van der Waals surface area (Å²) in [6.45, 7) is 13.7. The van der Waals surface area contributed by atoms with E-state index in [4.69, 9.17) is 14.2 Å². The van der Waals surface area contributed by atoms with Crippen LogP contribution in [0.5, 0.6) is 17.2 Å². The number of carbonyl (C=O) groups excluding carboxylic acids is 1. The van der Waals surface area contributed by atoms with Crippen molar-refractivity contribution in [3.63, 3.8) is 0 Å². The zero-order valence-electron chi connectivity index (χ0n) is 17.3. The highest BCUT2D eigenvalue weighted by molar-refractivity contribution is 5.95. The molecule has 1 amide bonds. The fourth-order valence-electron chi connectivity index (χ4n) is 3.35. The van der Waals surface area contributed by atoms with E-state index in [9.17, 15) is 4.79 Å². The van der Waals surface area contributed by atoms with Gasteiger partial charge in [-0.25, -0.2) is 0 Å². The smallest absolute Gasteiger partial charge is 0.251 e. The first-order valence-corrected chi connectivity index (χ1v) is 10.1. The minimum absolute atomic E-state index is 0.0945. The molecule has 0 aromatic heterocycles. The van der Waals surface area contributed by atoms with E-state index >= 15 is 0 Å². The molecule has 6 nitrogen and oxygen atoms in total. The second-order valence-corrected chi connectivity index (χ2v) is 6.98. The molecule has 6 heteroatoms. The average Bonchev–Trinajstić information content (AvgIpc) is 2.65. The highest BCUT2D eigenvalue weighted by Gasteiger charge is 2.24. The number of nitrogens with zero attached hydrogens (tertiary/aromatic N) is 1. The number of hydrogen-bond acceptors (Lipinski definition) is 5. The van der Waals surface area contributed by atoms with Crippen molar-refractivity contribution in [2.75, 3.05) is 32.9 Å². The Balaban J connectivity index is 2.15. The van der Waals surface area contributed by atoms with Gasteiger partial charge in [-0.1, -0.05) is 0 Å². The largest absolute Gasteiger partial charge is 0.490 e. The molecule has 0 spiro atoms. The summed E-state index contributed by atoms with van der Waals surface area (Å²) >= 11 is 0. The molecule has 1 aromatic rings. The van der Waals surface area contributed by atoms with E-state index in [-0.39, 0.29) is 11.9 Å². The van der Waals surface area contributed by atoms with Crippen molar-refractivity contribution in [2.24, 2.45) is 0 Å². The van der Waals surface area contributed by atoms with E-state index in [1.54, 1.807) is 12.1 Å². The van der Waals surface area contributed by atoms with Gasteiger partial charge in [0, 0.05) is 30.7 Å². The Kier molecular flexibility index (Phi) is 8.23. The Morgan fingerprint density at radius 2 is 1.56 bits per heavy atom. The number of benzene rings is 1. The molecule has 0 bridgehead atoms. The molecule has 0 atom stereocenters. The maximum Gasteiger partial charge on any atom is 0.251 e. The van der Waals surface area contributed by atoms with Crippen LogP contribution in [0, 0.1) is 0 Å². The number of rotatable bonds is 9. The van der Waals surface area contributed by atoms with Crippen LogP contribution in [0.15, 0.2) is 12.1 Å². The molecule has 0 unspecified atom stereocenters. The van der Waals surface area contributed by atoms with Gasteiger partial charge in [0.15, 0.2) is 11.5 Å². The van der Waals surface area contributed by atoms with Gasteiger partial charge in [0.05, 0.1) is 19.8 Å². The van der Waals surface area contributed by atoms with Gasteiger partial charge in [-0.2, -0.15) is 0 Å². The van der Waals surface area contributed by atoms with Crippen LogP contribution in [0.25, 0.3) is 0 Å². The summed E-state index contributed by atoms with van der Waals surface area (Å²) in [7, 11) is 0. The molecule has 1 fully saturated rings. The standard InChI is InChI=1S/C21H34N2O4/c1-6-25-18-13-16(14-19(26-7-2)20(18)27-8-3)21(24)22-17-9-11-23(12-10-17)15(4)5/h13-15,17H,6-12H2,1-5H3,(H,22,24). The predicted octanol–water partition coefficient (Wildman–Crippen LogP) is 3.49. The van der Waals surface area contributed by atoms with Crippen LogP contribution in [-0.2, 0) is 0 Å². The lowest BCUT2D eigenvalue weighted by Crippen LogP contribution is -2.46. The average molecular weight is 379 g/mol. The first-order valence-electron chi connectivity index (χ1n) is 10.1. The summed E-state index contributed by atoms with van der Waals surface area (Å²) in [5, 5.41) is 3.17. The van der Waals surface area contributed by atoms with Crippen LogP contribution in [-0.4, -0.2) is 55.8 Å². The molecule has 1 heterocycles. The van der Waals surface area contributed by atoms with Crippen LogP contribution in [0.4, 0.5) is 0 Å². The Hall–Kier alpha value is -1.95. The summed E-state index contributed by atoms with van der Waals surface area (Å²) in [6, 6.07) is 4.24. The third-order valence-electron chi connectivity index (χ3n) is 4.77. The van der Waals surface area contributed by atoms with Crippen LogP contribution >= 0.6 is 0 Å². The predicted molar refractivity (Wildman–Crippen MR) is 107 cm³/mol. The summed E-state index contributed by atoms with van der Waals surface area (Å²) in [5.41, 5.74) is 0.539. The van der Waals surface area contributed by atoms with Gasteiger partial charge in [0.1, 0.15) is 0 Å². The Morgan fingerprint density at radius 1 is 1.04 bits per heavy atom. The monoisotopic (exact) mass is 378 g/mol. The van der Waals surface area contributed by atoms with Gasteiger partial charge in [-0.05, 0) is 59.6 Å². The highest BCUT2D eigenvalue weighted by Crippen LogP contribution is 2.39. The fourth-order valence-corrected chi connectivity index (χ4v) is 3.35.